The first kappa shape index (κ1) is 8.77. The third-order valence-electron chi connectivity index (χ3n) is 1.99. The summed E-state index contributed by atoms with van der Waals surface area (Å²) in [5.74, 6) is 5.91. The average molecular weight is 188 g/mol. The van der Waals surface area contributed by atoms with Crippen molar-refractivity contribution in [2.75, 3.05) is 5.43 Å². The summed E-state index contributed by atoms with van der Waals surface area (Å²) >= 11 is 0. The van der Waals surface area contributed by atoms with Gasteiger partial charge in [-0.05, 0) is 5.56 Å². The third kappa shape index (κ3) is 1.92. The van der Waals surface area contributed by atoms with Crippen LogP contribution in [0.1, 0.15) is 5.56 Å². The number of rotatable bonds is 3. The normalized spacial score (nSPS) is 10.1. The summed E-state index contributed by atoms with van der Waals surface area (Å²) in [5.41, 5.74) is 3.75. The van der Waals surface area contributed by atoms with Crippen LogP contribution >= 0.6 is 0 Å². The Kier molecular flexibility index (Phi) is 2.46. The van der Waals surface area contributed by atoms with Gasteiger partial charge in [0.1, 0.15) is 0 Å². The van der Waals surface area contributed by atoms with Crippen LogP contribution in [0.15, 0.2) is 42.9 Å². The maximum absolute atomic E-state index is 5.23. The van der Waals surface area contributed by atoms with Gasteiger partial charge in [-0.25, -0.2) is 10.8 Å². The molecular weight excluding hydrogens is 176 g/mol. The van der Waals surface area contributed by atoms with Crippen molar-refractivity contribution >= 4 is 5.82 Å². The summed E-state index contributed by atoms with van der Waals surface area (Å²) in [6.07, 6.45) is 3.62. The van der Waals surface area contributed by atoms with Crippen LogP contribution in [0.4, 0.5) is 5.82 Å². The second-order valence-electron chi connectivity index (χ2n) is 3.06. The number of hydrogen-bond acceptors (Lipinski definition) is 3. The van der Waals surface area contributed by atoms with E-state index < -0.39 is 0 Å². The predicted octanol–water partition coefficient (Wildman–Crippen LogP) is 1.22. The molecule has 2 rings (SSSR count). The molecular formula is C10H12N4. The Labute approximate surface area is 82.4 Å². The molecule has 0 saturated heterocycles. The minimum absolute atomic E-state index is 0.681. The number of nitrogens with one attached hydrogen (secondary N) is 1. The highest BCUT2D eigenvalue weighted by Gasteiger charge is 1.96. The highest BCUT2D eigenvalue weighted by atomic mass is 15.3. The van der Waals surface area contributed by atoms with Gasteiger partial charge in [0.15, 0.2) is 5.82 Å². The molecule has 0 atom stereocenters. The second-order valence-corrected chi connectivity index (χ2v) is 3.06. The molecule has 14 heavy (non-hydrogen) atoms. The highest BCUT2D eigenvalue weighted by Crippen LogP contribution is 2.05. The number of anilines is 1. The Morgan fingerprint density at radius 1 is 1.29 bits per heavy atom. The van der Waals surface area contributed by atoms with Gasteiger partial charge in [-0.2, -0.15) is 0 Å². The van der Waals surface area contributed by atoms with Crippen molar-refractivity contribution < 1.29 is 0 Å². The maximum Gasteiger partial charge on any atom is 0.158 e. The van der Waals surface area contributed by atoms with Crippen LogP contribution in [0.2, 0.25) is 0 Å². The summed E-state index contributed by atoms with van der Waals surface area (Å²) in [5, 5.41) is 0. The summed E-state index contributed by atoms with van der Waals surface area (Å²) in [4.78, 5) is 4.06. The maximum atomic E-state index is 5.23. The van der Waals surface area contributed by atoms with E-state index in [2.05, 4.69) is 22.5 Å². The van der Waals surface area contributed by atoms with Gasteiger partial charge in [0, 0.05) is 12.7 Å². The van der Waals surface area contributed by atoms with Crippen molar-refractivity contribution in [2.45, 2.75) is 6.54 Å². The highest BCUT2D eigenvalue weighted by molar-refractivity contribution is 5.29. The predicted molar refractivity (Wildman–Crippen MR) is 55.6 cm³/mol. The summed E-state index contributed by atoms with van der Waals surface area (Å²) in [7, 11) is 0. The molecule has 0 aliphatic carbocycles. The molecule has 0 aliphatic heterocycles. The Bertz CT molecular complexity index is 394. The van der Waals surface area contributed by atoms with Gasteiger partial charge in [0.05, 0.1) is 6.33 Å². The van der Waals surface area contributed by atoms with Crippen molar-refractivity contribution in [3.05, 3.63) is 48.4 Å². The average Bonchev–Trinajstić information content (AvgIpc) is 2.67. The van der Waals surface area contributed by atoms with Crippen molar-refractivity contribution in [3.8, 4) is 0 Å². The van der Waals surface area contributed by atoms with Gasteiger partial charge in [-0.1, -0.05) is 30.3 Å². The molecule has 1 aromatic heterocycles. The molecule has 4 heteroatoms. The number of nitrogens with zero attached hydrogens (tertiary/aromatic N) is 2. The number of hydrazine groups is 1. The fraction of sp³-hybridized carbons (Fsp3) is 0.100. The Hall–Kier alpha value is -1.81. The molecule has 0 radical (unpaired) electrons. The van der Waals surface area contributed by atoms with E-state index in [9.17, 15) is 0 Å². The standard InChI is InChI=1S/C10H12N4/c11-13-10-7-14(8-12-10)6-9-4-2-1-3-5-9/h1-5,7-8,13H,6,11H2. The van der Waals surface area contributed by atoms with Crippen molar-refractivity contribution in [3.63, 3.8) is 0 Å². The number of nitrogens with two attached hydrogens (primary N) is 1. The summed E-state index contributed by atoms with van der Waals surface area (Å²) in [6.45, 7) is 0.815. The molecule has 0 saturated carbocycles. The smallest absolute Gasteiger partial charge is 0.158 e. The van der Waals surface area contributed by atoms with E-state index in [0.29, 0.717) is 5.82 Å². The van der Waals surface area contributed by atoms with Gasteiger partial charge in [-0.3, -0.25) is 0 Å². The molecule has 0 fully saturated rings. The zero-order chi connectivity index (χ0) is 9.80. The third-order valence-corrected chi connectivity index (χ3v) is 1.99. The second kappa shape index (κ2) is 3.93. The Morgan fingerprint density at radius 2 is 2.07 bits per heavy atom. The van der Waals surface area contributed by atoms with E-state index >= 15 is 0 Å². The lowest BCUT2D eigenvalue weighted by Crippen LogP contribution is -2.06. The number of aromatic nitrogens is 2. The van der Waals surface area contributed by atoms with Crippen LogP contribution < -0.4 is 11.3 Å². The van der Waals surface area contributed by atoms with Crippen LogP contribution in [0, 0.1) is 0 Å². The quantitative estimate of drug-likeness (QED) is 0.562. The van der Waals surface area contributed by atoms with Crippen molar-refractivity contribution in [1.29, 1.82) is 0 Å². The fourth-order valence-electron chi connectivity index (χ4n) is 1.32. The Balaban J connectivity index is 2.11. The molecule has 0 aliphatic rings. The van der Waals surface area contributed by atoms with Gasteiger partial charge in [-0.15, -0.1) is 0 Å². The lowest BCUT2D eigenvalue weighted by atomic mass is 10.2. The first-order chi connectivity index (χ1) is 6.88. The molecule has 1 heterocycles. The number of imidazole rings is 1. The molecule has 0 bridgehead atoms. The SMILES string of the molecule is NNc1cn(Cc2ccccc2)cn1. The van der Waals surface area contributed by atoms with E-state index in [1.807, 2.05) is 29.0 Å². The molecule has 1 aromatic carbocycles. The first-order valence-electron chi connectivity index (χ1n) is 4.41. The van der Waals surface area contributed by atoms with Gasteiger partial charge in [0.25, 0.3) is 0 Å². The zero-order valence-corrected chi connectivity index (χ0v) is 7.72. The lowest BCUT2D eigenvalue weighted by molar-refractivity contribution is 0.797. The number of nitrogen functional groups attached to an aromatic ring is 1. The van der Waals surface area contributed by atoms with Crippen LogP contribution in [0.3, 0.4) is 0 Å². The van der Waals surface area contributed by atoms with E-state index in [-0.39, 0.29) is 0 Å². The van der Waals surface area contributed by atoms with E-state index in [1.54, 1.807) is 6.33 Å². The van der Waals surface area contributed by atoms with Gasteiger partial charge in [0.2, 0.25) is 0 Å². The molecule has 72 valence electrons. The molecule has 0 spiro atoms. The van der Waals surface area contributed by atoms with Crippen molar-refractivity contribution in [2.24, 2.45) is 5.84 Å². The summed E-state index contributed by atoms with van der Waals surface area (Å²) < 4.78 is 1.98. The van der Waals surface area contributed by atoms with Crippen LogP contribution in [0.5, 0.6) is 0 Å². The van der Waals surface area contributed by atoms with Crippen LogP contribution in [-0.2, 0) is 6.54 Å². The van der Waals surface area contributed by atoms with Crippen molar-refractivity contribution in [1.82, 2.24) is 9.55 Å². The minimum Gasteiger partial charge on any atom is -0.331 e. The molecule has 0 unspecified atom stereocenters. The minimum atomic E-state index is 0.681. The molecule has 3 N–H and O–H groups in total. The van der Waals surface area contributed by atoms with E-state index in [0.717, 1.165) is 6.54 Å². The fourth-order valence-corrected chi connectivity index (χ4v) is 1.32. The largest absolute Gasteiger partial charge is 0.331 e. The van der Waals surface area contributed by atoms with Gasteiger partial charge >= 0.3 is 0 Å². The van der Waals surface area contributed by atoms with Gasteiger partial charge < -0.3 is 9.99 Å². The zero-order valence-electron chi connectivity index (χ0n) is 7.72. The monoisotopic (exact) mass is 188 g/mol. The summed E-state index contributed by atoms with van der Waals surface area (Å²) in [6, 6.07) is 10.2. The lowest BCUT2D eigenvalue weighted by Gasteiger charge is -2.00. The topological polar surface area (TPSA) is 55.9 Å². The van der Waals surface area contributed by atoms with E-state index in [1.165, 1.54) is 5.56 Å². The molecule has 0 amide bonds. The molecule has 2 aromatic rings. The Morgan fingerprint density at radius 3 is 2.71 bits per heavy atom. The molecule has 4 nitrogen and oxygen atoms in total. The first-order valence-corrected chi connectivity index (χ1v) is 4.41. The van der Waals surface area contributed by atoms with E-state index in [4.69, 9.17) is 5.84 Å². The number of benzene rings is 1. The van der Waals surface area contributed by atoms with Crippen LogP contribution in [-0.4, -0.2) is 9.55 Å². The number of hydrogen-bond donors (Lipinski definition) is 2. The van der Waals surface area contributed by atoms with Crippen LogP contribution in [0.25, 0.3) is 0 Å².